The molecule has 25 heavy (non-hydrogen) atoms. The number of hydrogen-bond acceptors (Lipinski definition) is 3. The molecule has 5 nitrogen and oxygen atoms in total. The SMILES string of the molecule is CCCCCNC(=O)c1cncc(C(=O)Nc2cc(Cl)ccc2C)c1. The Kier molecular flexibility index (Phi) is 6.95. The number of amides is 2. The van der Waals surface area contributed by atoms with Crippen LogP contribution < -0.4 is 10.6 Å². The summed E-state index contributed by atoms with van der Waals surface area (Å²) in [5.41, 5.74) is 2.22. The van der Waals surface area contributed by atoms with Gasteiger partial charge in [-0.3, -0.25) is 14.6 Å². The Morgan fingerprint density at radius 2 is 1.80 bits per heavy atom. The van der Waals surface area contributed by atoms with Crippen molar-refractivity contribution in [3.8, 4) is 0 Å². The minimum Gasteiger partial charge on any atom is -0.352 e. The summed E-state index contributed by atoms with van der Waals surface area (Å²) in [5, 5.41) is 6.18. The number of anilines is 1. The second-order valence-corrected chi connectivity index (χ2v) is 6.28. The van der Waals surface area contributed by atoms with E-state index < -0.39 is 0 Å². The number of rotatable bonds is 7. The van der Waals surface area contributed by atoms with Crippen molar-refractivity contribution in [1.29, 1.82) is 0 Å². The van der Waals surface area contributed by atoms with Gasteiger partial charge in [0.15, 0.2) is 0 Å². The first-order chi connectivity index (χ1) is 12.0. The van der Waals surface area contributed by atoms with Gasteiger partial charge >= 0.3 is 0 Å². The second-order valence-electron chi connectivity index (χ2n) is 5.84. The first-order valence-corrected chi connectivity index (χ1v) is 8.69. The lowest BCUT2D eigenvalue weighted by Gasteiger charge is -2.10. The van der Waals surface area contributed by atoms with Crippen LogP contribution in [0, 0.1) is 6.92 Å². The van der Waals surface area contributed by atoms with E-state index in [2.05, 4.69) is 22.5 Å². The number of carbonyl (C=O) groups excluding carboxylic acids is 2. The molecule has 0 aliphatic heterocycles. The van der Waals surface area contributed by atoms with Crippen LogP contribution in [0.5, 0.6) is 0 Å². The normalized spacial score (nSPS) is 10.4. The number of aromatic nitrogens is 1. The lowest BCUT2D eigenvalue weighted by Crippen LogP contribution is -2.25. The fraction of sp³-hybridized carbons (Fsp3) is 0.316. The van der Waals surface area contributed by atoms with Crippen LogP contribution in [0.4, 0.5) is 5.69 Å². The van der Waals surface area contributed by atoms with Crippen LogP contribution >= 0.6 is 11.6 Å². The van der Waals surface area contributed by atoms with E-state index in [0.717, 1.165) is 24.8 Å². The van der Waals surface area contributed by atoms with E-state index in [1.165, 1.54) is 18.5 Å². The van der Waals surface area contributed by atoms with Crippen LogP contribution in [0.1, 0.15) is 52.5 Å². The number of halogens is 1. The van der Waals surface area contributed by atoms with Crippen molar-refractivity contribution < 1.29 is 9.59 Å². The van der Waals surface area contributed by atoms with E-state index >= 15 is 0 Å². The minimum absolute atomic E-state index is 0.225. The van der Waals surface area contributed by atoms with E-state index in [0.29, 0.717) is 28.4 Å². The third-order valence-electron chi connectivity index (χ3n) is 3.78. The Morgan fingerprint density at radius 1 is 1.08 bits per heavy atom. The largest absolute Gasteiger partial charge is 0.352 e. The molecule has 132 valence electrons. The predicted molar refractivity (Wildman–Crippen MR) is 100 cm³/mol. The highest BCUT2D eigenvalue weighted by Gasteiger charge is 2.12. The van der Waals surface area contributed by atoms with E-state index in [9.17, 15) is 9.59 Å². The summed E-state index contributed by atoms with van der Waals surface area (Å²) in [6, 6.07) is 6.82. The van der Waals surface area contributed by atoms with Crippen molar-refractivity contribution in [3.63, 3.8) is 0 Å². The van der Waals surface area contributed by atoms with Crippen LogP contribution in [-0.4, -0.2) is 23.3 Å². The van der Waals surface area contributed by atoms with Gasteiger partial charge in [0.25, 0.3) is 11.8 Å². The summed E-state index contributed by atoms with van der Waals surface area (Å²) in [6.07, 6.45) is 5.99. The molecular weight excluding hydrogens is 338 g/mol. The van der Waals surface area contributed by atoms with Crippen LogP contribution in [0.2, 0.25) is 5.02 Å². The third kappa shape index (κ3) is 5.57. The molecule has 1 aromatic heterocycles. The summed E-state index contributed by atoms with van der Waals surface area (Å²) >= 11 is 5.97. The summed E-state index contributed by atoms with van der Waals surface area (Å²) in [6.45, 7) is 4.60. The van der Waals surface area contributed by atoms with Crippen molar-refractivity contribution in [1.82, 2.24) is 10.3 Å². The Labute approximate surface area is 152 Å². The number of aryl methyl sites for hydroxylation is 1. The van der Waals surface area contributed by atoms with Crippen molar-refractivity contribution in [2.45, 2.75) is 33.1 Å². The smallest absolute Gasteiger partial charge is 0.257 e. The van der Waals surface area contributed by atoms with E-state index in [1.54, 1.807) is 12.1 Å². The molecule has 1 aromatic carbocycles. The number of unbranched alkanes of at least 4 members (excludes halogenated alkanes) is 2. The van der Waals surface area contributed by atoms with Gasteiger partial charge in [0, 0.05) is 29.6 Å². The van der Waals surface area contributed by atoms with Gasteiger partial charge < -0.3 is 10.6 Å². The van der Waals surface area contributed by atoms with Crippen LogP contribution in [0.25, 0.3) is 0 Å². The number of hydrogen-bond donors (Lipinski definition) is 2. The summed E-state index contributed by atoms with van der Waals surface area (Å²) < 4.78 is 0. The second kappa shape index (κ2) is 9.18. The van der Waals surface area contributed by atoms with Gasteiger partial charge in [0.1, 0.15) is 0 Å². The fourth-order valence-electron chi connectivity index (χ4n) is 2.29. The number of benzene rings is 1. The number of carbonyl (C=O) groups is 2. The number of pyridine rings is 1. The van der Waals surface area contributed by atoms with Crippen molar-refractivity contribution in [2.75, 3.05) is 11.9 Å². The number of nitrogens with one attached hydrogen (secondary N) is 2. The van der Waals surface area contributed by atoms with Crippen LogP contribution in [-0.2, 0) is 0 Å². The van der Waals surface area contributed by atoms with Gasteiger partial charge in [0.05, 0.1) is 11.1 Å². The van der Waals surface area contributed by atoms with Gasteiger partial charge in [0.2, 0.25) is 0 Å². The zero-order valence-electron chi connectivity index (χ0n) is 14.4. The zero-order valence-corrected chi connectivity index (χ0v) is 15.2. The molecule has 0 atom stereocenters. The number of nitrogens with zero attached hydrogens (tertiary/aromatic N) is 1. The lowest BCUT2D eigenvalue weighted by atomic mass is 10.1. The quantitative estimate of drug-likeness (QED) is 0.727. The maximum Gasteiger partial charge on any atom is 0.257 e. The van der Waals surface area contributed by atoms with Gasteiger partial charge in [-0.15, -0.1) is 0 Å². The van der Waals surface area contributed by atoms with Crippen molar-refractivity contribution in [3.05, 3.63) is 58.4 Å². The average molecular weight is 360 g/mol. The molecule has 2 amide bonds. The maximum atomic E-state index is 12.4. The molecule has 1 heterocycles. The predicted octanol–water partition coefficient (Wildman–Crippen LogP) is 4.22. The molecule has 2 rings (SSSR count). The first-order valence-electron chi connectivity index (χ1n) is 8.32. The molecule has 0 unspecified atom stereocenters. The monoisotopic (exact) mass is 359 g/mol. The highest BCUT2D eigenvalue weighted by Crippen LogP contribution is 2.21. The highest BCUT2D eigenvalue weighted by molar-refractivity contribution is 6.31. The zero-order chi connectivity index (χ0) is 18.2. The van der Waals surface area contributed by atoms with Gasteiger partial charge in [-0.2, -0.15) is 0 Å². The van der Waals surface area contributed by atoms with Crippen molar-refractivity contribution >= 4 is 29.1 Å². The molecule has 0 saturated heterocycles. The molecule has 0 radical (unpaired) electrons. The topological polar surface area (TPSA) is 71.1 Å². The van der Waals surface area contributed by atoms with Crippen molar-refractivity contribution in [2.24, 2.45) is 0 Å². The third-order valence-corrected chi connectivity index (χ3v) is 4.01. The standard InChI is InChI=1S/C19H22ClN3O2/c1-3-4-5-8-22-18(24)14-9-15(12-21-11-14)19(25)23-17-10-16(20)7-6-13(17)2/h6-7,9-12H,3-5,8H2,1-2H3,(H,22,24)(H,23,25). The molecule has 2 aromatic rings. The molecule has 0 aliphatic carbocycles. The molecule has 0 aliphatic rings. The molecule has 0 saturated carbocycles. The average Bonchev–Trinajstić information content (AvgIpc) is 2.61. The molecule has 0 fully saturated rings. The maximum absolute atomic E-state index is 12.4. The molecular formula is C19H22ClN3O2. The Morgan fingerprint density at radius 3 is 2.52 bits per heavy atom. The summed E-state index contributed by atoms with van der Waals surface area (Å²) in [4.78, 5) is 28.6. The Balaban J connectivity index is 2.05. The van der Waals surface area contributed by atoms with E-state index in [1.807, 2.05) is 13.0 Å². The molecule has 0 spiro atoms. The van der Waals surface area contributed by atoms with Crippen LogP contribution in [0.3, 0.4) is 0 Å². The summed E-state index contributed by atoms with van der Waals surface area (Å²) in [7, 11) is 0. The van der Waals surface area contributed by atoms with Crippen LogP contribution in [0.15, 0.2) is 36.7 Å². The molecule has 0 bridgehead atoms. The van der Waals surface area contributed by atoms with E-state index in [-0.39, 0.29) is 11.8 Å². The molecule has 2 N–H and O–H groups in total. The summed E-state index contributed by atoms with van der Waals surface area (Å²) in [5.74, 6) is -0.560. The van der Waals surface area contributed by atoms with Gasteiger partial charge in [-0.05, 0) is 37.1 Å². The van der Waals surface area contributed by atoms with Gasteiger partial charge in [-0.1, -0.05) is 37.4 Å². The van der Waals surface area contributed by atoms with Gasteiger partial charge in [-0.25, -0.2) is 0 Å². The Bertz CT molecular complexity index is 762. The van der Waals surface area contributed by atoms with E-state index in [4.69, 9.17) is 11.6 Å². The first kappa shape index (κ1) is 18.9. The minimum atomic E-state index is -0.335. The highest BCUT2D eigenvalue weighted by atomic mass is 35.5. The molecule has 6 heteroatoms. The Hall–Kier alpha value is -2.40. The fourth-order valence-corrected chi connectivity index (χ4v) is 2.46. The lowest BCUT2D eigenvalue weighted by molar-refractivity contribution is 0.0952.